The largest absolute Gasteiger partial charge is 0.342 e. The molecule has 2 aliphatic rings. The molecule has 3 aromatic rings. The Morgan fingerprint density at radius 2 is 1.73 bits per heavy atom. The maximum Gasteiger partial charge on any atom is 0.236 e. The van der Waals surface area contributed by atoms with Crippen molar-refractivity contribution < 1.29 is 4.79 Å². The number of amides is 1. The van der Waals surface area contributed by atoms with Gasteiger partial charge in [0, 0.05) is 50.8 Å². The third-order valence-corrected chi connectivity index (χ3v) is 7.30. The van der Waals surface area contributed by atoms with Crippen molar-refractivity contribution in [3.05, 3.63) is 64.9 Å². The molecule has 2 saturated heterocycles. The Hall–Kier alpha value is -2.41. The lowest BCUT2D eigenvalue weighted by atomic mass is 10.2. The number of nitrogens with zero attached hydrogens (tertiary/aromatic N) is 5. The minimum absolute atomic E-state index is 0.177. The first-order chi connectivity index (χ1) is 16.1. The number of benzene rings is 2. The SMILES string of the molecule is C[C@H](c1nc2cc(Cl)ccc2n1Cc1ccccc1)N1CCN(CC(=O)N2CCCC2)CC1. The lowest BCUT2D eigenvalue weighted by Crippen LogP contribution is -2.50. The van der Waals surface area contributed by atoms with Gasteiger partial charge in [-0.05, 0) is 43.5 Å². The molecule has 0 N–H and O–H groups in total. The second kappa shape index (κ2) is 9.84. The van der Waals surface area contributed by atoms with Crippen molar-refractivity contribution in [2.24, 2.45) is 0 Å². The number of halogens is 1. The zero-order chi connectivity index (χ0) is 22.8. The van der Waals surface area contributed by atoms with Crippen molar-refractivity contribution in [1.82, 2.24) is 24.3 Å². The average Bonchev–Trinajstić information content (AvgIpc) is 3.48. The summed E-state index contributed by atoms with van der Waals surface area (Å²) in [5.74, 6) is 1.35. The highest BCUT2D eigenvalue weighted by Gasteiger charge is 2.28. The van der Waals surface area contributed by atoms with Gasteiger partial charge in [0.05, 0.1) is 23.6 Å². The second-order valence-electron chi connectivity index (χ2n) is 9.25. The van der Waals surface area contributed by atoms with Crippen LogP contribution < -0.4 is 0 Å². The molecule has 1 aromatic heterocycles. The molecular weight excluding hydrogens is 434 g/mol. The van der Waals surface area contributed by atoms with Crippen LogP contribution in [0, 0.1) is 0 Å². The van der Waals surface area contributed by atoms with Crippen LogP contribution in [0.3, 0.4) is 0 Å². The minimum atomic E-state index is 0.177. The summed E-state index contributed by atoms with van der Waals surface area (Å²) in [5, 5.41) is 0.711. The van der Waals surface area contributed by atoms with E-state index in [0.29, 0.717) is 11.6 Å². The van der Waals surface area contributed by atoms with E-state index in [0.717, 1.165) is 75.5 Å². The van der Waals surface area contributed by atoms with Crippen molar-refractivity contribution in [3.8, 4) is 0 Å². The number of hydrogen-bond donors (Lipinski definition) is 0. The number of imidazole rings is 1. The van der Waals surface area contributed by atoms with Gasteiger partial charge in [0.2, 0.25) is 5.91 Å². The average molecular weight is 466 g/mol. The number of carbonyl (C=O) groups is 1. The van der Waals surface area contributed by atoms with Gasteiger partial charge in [-0.1, -0.05) is 41.9 Å². The van der Waals surface area contributed by atoms with Crippen molar-refractivity contribution in [1.29, 1.82) is 0 Å². The molecule has 2 fully saturated rings. The Kier molecular flexibility index (Phi) is 6.67. The summed E-state index contributed by atoms with van der Waals surface area (Å²) in [4.78, 5) is 24.4. The van der Waals surface area contributed by atoms with Crippen molar-refractivity contribution in [2.45, 2.75) is 32.4 Å². The second-order valence-corrected chi connectivity index (χ2v) is 9.69. The van der Waals surface area contributed by atoms with Gasteiger partial charge in [0.25, 0.3) is 0 Å². The van der Waals surface area contributed by atoms with Gasteiger partial charge in [-0.25, -0.2) is 4.98 Å². The fourth-order valence-electron chi connectivity index (χ4n) is 5.10. The highest BCUT2D eigenvalue weighted by Crippen LogP contribution is 2.28. The van der Waals surface area contributed by atoms with Crippen molar-refractivity contribution in [2.75, 3.05) is 45.8 Å². The first-order valence-electron chi connectivity index (χ1n) is 12.0. The van der Waals surface area contributed by atoms with E-state index >= 15 is 0 Å². The third kappa shape index (κ3) is 4.93. The summed E-state index contributed by atoms with van der Waals surface area (Å²) >= 11 is 6.28. The smallest absolute Gasteiger partial charge is 0.236 e. The molecule has 6 nitrogen and oxygen atoms in total. The maximum atomic E-state index is 12.5. The van der Waals surface area contributed by atoms with E-state index in [9.17, 15) is 4.79 Å². The molecule has 0 bridgehead atoms. The molecule has 2 aromatic carbocycles. The number of piperazine rings is 1. The van der Waals surface area contributed by atoms with Crippen LogP contribution in [0.15, 0.2) is 48.5 Å². The van der Waals surface area contributed by atoms with E-state index in [4.69, 9.17) is 16.6 Å². The predicted octanol–water partition coefficient (Wildman–Crippen LogP) is 4.04. The van der Waals surface area contributed by atoms with Crippen LogP contribution in [-0.2, 0) is 11.3 Å². The molecule has 3 heterocycles. The summed E-state index contributed by atoms with van der Waals surface area (Å²) < 4.78 is 2.33. The summed E-state index contributed by atoms with van der Waals surface area (Å²) in [6.07, 6.45) is 2.29. The van der Waals surface area contributed by atoms with Crippen LogP contribution in [0.25, 0.3) is 11.0 Å². The monoisotopic (exact) mass is 465 g/mol. The minimum Gasteiger partial charge on any atom is -0.342 e. The first-order valence-corrected chi connectivity index (χ1v) is 12.4. The topological polar surface area (TPSA) is 44.6 Å². The highest BCUT2D eigenvalue weighted by molar-refractivity contribution is 6.31. The van der Waals surface area contributed by atoms with Crippen LogP contribution in [0.1, 0.15) is 37.2 Å². The number of likely N-dealkylation sites (tertiary alicyclic amines) is 1. The normalized spacial score (nSPS) is 18.8. The molecule has 1 atom stereocenters. The lowest BCUT2D eigenvalue weighted by molar-refractivity contribution is -0.131. The molecule has 5 rings (SSSR count). The lowest BCUT2D eigenvalue weighted by Gasteiger charge is -2.38. The number of carbonyl (C=O) groups excluding carboxylic acids is 1. The molecular formula is C26H32ClN5O. The summed E-state index contributed by atoms with van der Waals surface area (Å²) in [6, 6.07) is 16.7. The fraction of sp³-hybridized carbons (Fsp3) is 0.462. The maximum absolute atomic E-state index is 12.5. The molecule has 0 spiro atoms. The van der Waals surface area contributed by atoms with Crippen molar-refractivity contribution >= 4 is 28.5 Å². The molecule has 1 amide bonds. The molecule has 174 valence electrons. The van der Waals surface area contributed by atoms with Gasteiger partial charge in [0.15, 0.2) is 0 Å². The Morgan fingerprint density at radius 1 is 1.00 bits per heavy atom. The number of fused-ring (bicyclic) bond motifs is 1. The molecule has 0 radical (unpaired) electrons. The highest BCUT2D eigenvalue weighted by atomic mass is 35.5. The van der Waals surface area contributed by atoms with Crippen LogP contribution in [0.4, 0.5) is 0 Å². The molecule has 0 unspecified atom stereocenters. The van der Waals surface area contributed by atoms with Crippen LogP contribution in [0.2, 0.25) is 5.02 Å². The van der Waals surface area contributed by atoms with E-state index in [1.807, 2.05) is 23.1 Å². The van der Waals surface area contributed by atoms with Gasteiger partial charge >= 0.3 is 0 Å². The van der Waals surface area contributed by atoms with E-state index in [1.165, 1.54) is 5.56 Å². The Labute approximate surface area is 200 Å². The van der Waals surface area contributed by atoms with Gasteiger partial charge < -0.3 is 9.47 Å². The number of aromatic nitrogens is 2. The molecule has 33 heavy (non-hydrogen) atoms. The predicted molar refractivity (Wildman–Crippen MR) is 133 cm³/mol. The van der Waals surface area contributed by atoms with Crippen LogP contribution in [-0.4, -0.2) is 76.0 Å². The van der Waals surface area contributed by atoms with E-state index in [2.05, 4.69) is 51.6 Å². The van der Waals surface area contributed by atoms with Gasteiger partial charge in [-0.15, -0.1) is 0 Å². The zero-order valence-corrected chi connectivity index (χ0v) is 20.0. The Balaban J connectivity index is 1.31. The molecule has 2 aliphatic heterocycles. The summed E-state index contributed by atoms with van der Waals surface area (Å²) in [6.45, 7) is 9.12. The van der Waals surface area contributed by atoms with E-state index in [1.54, 1.807) is 0 Å². The Morgan fingerprint density at radius 3 is 2.45 bits per heavy atom. The van der Waals surface area contributed by atoms with Gasteiger partial charge in [-0.2, -0.15) is 0 Å². The molecule has 0 saturated carbocycles. The molecule has 0 aliphatic carbocycles. The zero-order valence-electron chi connectivity index (χ0n) is 19.3. The third-order valence-electron chi connectivity index (χ3n) is 7.07. The standard InChI is InChI=1S/C26H32ClN5O/c1-20(30-15-13-29(14-16-30)19-25(33)31-11-5-6-12-31)26-28-23-17-22(27)9-10-24(23)32(26)18-21-7-3-2-4-8-21/h2-4,7-10,17,20H,5-6,11-16,18-19H2,1H3/t20-/m1/s1. The molecule has 7 heteroatoms. The number of rotatable bonds is 6. The quantitative estimate of drug-likeness (QED) is 0.551. The van der Waals surface area contributed by atoms with Crippen molar-refractivity contribution in [3.63, 3.8) is 0 Å². The van der Waals surface area contributed by atoms with Crippen LogP contribution >= 0.6 is 11.6 Å². The summed E-state index contributed by atoms with van der Waals surface area (Å²) in [5.41, 5.74) is 3.31. The van der Waals surface area contributed by atoms with E-state index in [-0.39, 0.29) is 11.9 Å². The van der Waals surface area contributed by atoms with Gasteiger partial charge in [-0.3, -0.25) is 14.6 Å². The number of hydrogen-bond acceptors (Lipinski definition) is 4. The first kappa shape index (κ1) is 22.4. The van der Waals surface area contributed by atoms with Gasteiger partial charge in [0.1, 0.15) is 5.82 Å². The van der Waals surface area contributed by atoms with Crippen LogP contribution in [0.5, 0.6) is 0 Å². The fourth-order valence-corrected chi connectivity index (χ4v) is 5.27. The Bertz CT molecular complexity index is 1100. The summed E-state index contributed by atoms with van der Waals surface area (Å²) in [7, 11) is 0. The van der Waals surface area contributed by atoms with E-state index < -0.39 is 0 Å².